The number of halogens is 3. The maximum Gasteiger partial charge on any atom is 0.170 e. The van der Waals surface area contributed by atoms with Crippen LogP contribution in [0.3, 0.4) is 0 Å². The molecule has 1 rings (SSSR count). The summed E-state index contributed by atoms with van der Waals surface area (Å²) < 4.78 is 13.3. The van der Waals surface area contributed by atoms with Crippen LogP contribution < -0.4 is 0 Å². The van der Waals surface area contributed by atoms with Gasteiger partial charge in [0.15, 0.2) is 11.6 Å². The van der Waals surface area contributed by atoms with Crippen LogP contribution in [0.15, 0.2) is 16.6 Å². The van der Waals surface area contributed by atoms with E-state index in [1.807, 2.05) is 0 Å². The van der Waals surface area contributed by atoms with Gasteiger partial charge < -0.3 is 5.11 Å². The standard InChI is InChI=1S/C7H5Br2FO/c8-3-4-1-2-5(9)7(11)6(4)10/h1-2,11H,3H2. The Morgan fingerprint density at radius 2 is 2.09 bits per heavy atom. The van der Waals surface area contributed by atoms with Gasteiger partial charge >= 0.3 is 0 Å². The van der Waals surface area contributed by atoms with Crippen LogP contribution in [0.4, 0.5) is 4.39 Å². The molecule has 0 saturated heterocycles. The summed E-state index contributed by atoms with van der Waals surface area (Å²) in [7, 11) is 0. The largest absolute Gasteiger partial charge is 0.504 e. The molecule has 0 radical (unpaired) electrons. The lowest BCUT2D eigenvalue weighted by Gasteiger charge is -2.01. The quantitative estimate of drug-likeness (QED) is 0.785. The molecule has 0 aromatic heterocycles. The zero-order chi connectivity index (χ0) is 8.43. The lowest BCUT2D eigenvalue weighted by Crippen LogP contribution is -1.86. The molecule has 0 unspecified atom stereocenters. The molecule has 0 aliphatic carbocycles. The minimum absolute atomic E-state index is 0.332. The number of alkyl halides is 1. The Morgan fingerprint density at radius 3 is 2.64 bits per heavy atom. The monoisotopic (exact) mass is 282 g/mol. The number of benzene rings is 1. The summed E-state index contributed by atoms with van der Waals surface area (Å²) in [6, 6.07) is 3.21. The second-order valence-corrected chi connectivity index (χ2v) is 3.42. The van der Waals surface area contributed by atoms with Crippen LogP contribution in [0.25, 0.3) is 0 Å². The third-order valence-electron chi connectivity index (χ3n) is 1.29. The molecule has 0 heterocycles. The van der Waals surface area contributed by atoms with E-state index in [2.05, 4.69) is 31.9 Å². The Morgan fingerprint density at radius 1 is 1.45 bits per heavy atom. The van der Waals surface area contributed by atoms with E-state index < -0.39 is 5.82 Å². The Bertz CT molecular complexity index is 275. The number of phenols is 1. The van der Waals surface area contributed by atoms with Gasteiger partial charge in [-0.1, -0.05) is 22.0 Å². The number of hydrogen-bond donors (Lipinski definition) is 1. The Kier molecular flexibility index (Phi) is 2.90. The predicted octanol–water partition coefficient (Wildman–Crippen LogP) is 3.19. The van der Waals surface area contributed by atoms with Gasteiger partial charge in [0.25, 0.3) is 0 Å². The number of rotatable bonds is 1. The molecule has 11 heavy (non-hydrogen) atoms. The fourth-order valence-corrected chi connectivity index (χ4v) is 1.43. The van der Waals surface area contributed by atoms with Gasteiger partial charge in [0.05, 0.1) is 4.47 Å². The average Bonchev–Trinajstić information content (AvgIpc) is 2.01. The zero-order valence-corrected chi connectivity index (χ0v) is 8.61. The van der Waals surface area contributed by atoms with Crippen LogP contribution in [0.2, 0.25) is 0 Å². The van der Waals surface area contributed by atoms with Crippen LogP contribution in [0, 0.1) is 5.82 Å². The van der Waals surface area contributed by atoms with Crippen LogP contribution in [0.5, 0.6) is 5.75 Å². The third-order valence-corrected chi connectivity index (χ3v) is 2.53. The Labute approximate surface area is 80.5 Å². The van der Waals surface area contributed by atoms with Crippen molar-refractivity contribution in [3.63, 3.8) is 0 Å². The summed E-state index contributed by atoms with van der Waals surface area (Å²) in [5.41, 5.74) is 0.450. The van der Waals surface area contributed by atoms with Gasteiger partial charge in [0.2, 0.25) is 0 Å². The minimum atomic E-state index is -0.573. The highest BCUT2D eigenvalue weighted by Crippen LogP contribution is 2.29. The number of phenolic OH excluding ortho intramolecular Hbond substituents is 1. The van der Waals surface area contributed by atoms with Crippen molar-refractivity contribution < 1.29 is 9.50 Å². The SMILES string of the molecule is Oc1c(Br)ccc(CBr)c1F. The summed E-state index contributed by atoms with van der Waals surface area (Å²) in [5, 5.41) is 9.48. The van der Waals surface area contributed by atoms with E-state index in [9.17, 15) is 4.39 Å². The van der Waals surface area contributed by atoms with Gasteiger partial charge in [-0.2, -0.15) is 0 Å². The highest BCUT2D eigenvalue weighted by molar-refractivity contribution is 9.10. The van der Waals surface area contributed by atoms with Crippen LogP contribution in [-0.4, -0.2) is 5.11 Å². The molecule has 1 N–H and O–H groups in total. The lowest BCUT2D eigenvalue weighted by atomic mass is 10.2. The molecule has 0 atom stereocenters. The number of hydrogen-bond acceptors (Lipinski definition) is 1. The summed E-state index contributed by atoms with van der Waals surface area (Å²) in [6.07, 6.45) is 0. The second-order valence-electron chi connectivity index (χ2n) is 2.00. The van der Waals surface area contributed by atoms with Crippen molar-refractivity contribution in [2.24, 2.45) is 0 Å². The molecule has 4 heteroatoms. The van der Waals surface area contributed by atoms with Crippen molar-refractivity contribution in [3.05, 3.63) is 28.0 Å². The molecule has 1 aromatic rings. The predicted molar refractivity (Wildman–Crippen MR) is 48.4 cm³/mol. The maximum atomic E-state index is 13.0. The first kappa shape index (κ1) is 9.00. The summed E-state index contributed by atoms with van der Waals surface area (Å²) in [4.78, 5) is 0. The molecular weight excluding hydrogens is 279 g/mol. The smallest absolute Gasteiger partial charge is 0.170 e. The van der Waals surface area contributed by atoms with Crippen LogP contribution in [0.1, 0.15) is 5.56 Å². The first-order valence-corrected chi connectivity index (χ1v) is 4.80. The van der Waals surface area contributed by atoms with E-state index in [1.54, 1.807) is 12.1 Å². The van der Waals surface area contributed by atoms with Gasteiger partial charge in [-0.25, -0.2) is 4.39 Å². The van der Waals surface area contributed by atoms with E-state index in [-0.39, 0.29) is 5.75 Å². The van der Waals surface area contributed by atoms with Gasteiger partial charge in [-0.05, 0) is 22.0 Å². The summed E-state index contributed by atoms with van der Waals surface area (Å²) >= 11 is 6.10. The summed E-state index contributed by atoms with van der Waals surface area (Å²) in [6.45, 7) is 0. The molecule has 0 amide bonds. The maximum absolute atomic E-state index is 13.0. The van der Waals surface area contributed by atoms with Gasteiger partial charge in [-0.15, -0.1) is 0 Å². The van der Waals surface area contributed by atoms with Gasteiger partial charge in [0, 0.05) is 10.9 Å². The van der Waals surface area contributed by atoms with Crippen LogP contribution in [-0.2, 0) is 5.33 Å². The molecule has 1 nitrogen and oxygen atoms in total. The fraction of sp³-hybridized carbons (Fsp3) is 0.143. The highest BCUT2D eigenvalue weighted by atomic mass is 79.9. The molecule has 60 valence electrons. The lowest BCUT2D eigenvalue weighted by molar-refractivity contribution is 0.426. The highest BCUT2D eigenvalue weighted by Gasteiger charge is 2.08. The molecule has 0 fully saturated rings. The van der Waals surface area contributed by atoms with E-state index >= 15 is 0 Å². The Hall–Kier alpha value is -0.0900. The van der Waals surface area contributed by atoms with Crippen molar-refractivity contribution in [2.75, 3.05) is 0 Å². The fourth-order valence-electron chi connectivity index (χ4n) is 0.686. The third kappa shape index (κ3) is 1.73. The van der Waals surface area contributed by atoms with Crippen LogP contribution >= 0.6 is 31.9 Å². The molecular formula is C7H5Br2FO. The molecule has 0 aliphatic heterocycles. The van der Waals surface area contributed by atoms with Crippen molar-refractivity contribution in [2.45, 2.75) is 5.33 Å². The minimum Gasteiger partial charge on any atom is -0.504 e. The van der Waals surface area contributed by atoms with E-state index in [4.69, 9.17) is 5.11 Å². The average molecular weight is 284 g/mol. The molecule has 0 aliphatic rings. The van der Waals surface area contributed by atoms with Crippen molar-refractivity contribution in [1.29, 1.82) is 0 Å². The van der Waals surface area contributed by atoms with Crippen molar-refractivity contribution in [1.82, 2.24) is 0 Å². The molecule has 0 saturated carbocycles. The summed E-state index contributed by atoms with van der Waals surface area (Å²) in [5.74, 6) is -0.904. The zero-order valence-electron chi connectivity index (χ0n) is 5.44. The molecule has 0 bridgehead atoms. The van der Waals surface area contributed by atoms with E-state index in [0.717, 1.165) is 0 Å². The first-order chi connectivity index (χ1) is 5.16. The number of aromatic hydroxyl groups is 1. The van der Waals surface area contributed by atoms with Crippen molar-refractivity contribution >= 4 is 31.9 Å². The normalized spacial score (nSPS) is 10.1. The van der Waals surface area contributed by atoms with Gasteiger partial charge in [-0.3, -0.25) is 0 Å². The molecule has 0 spiro atoms. The topological polar surface area (TPSA) is 20.2 Å². The van der Waals surface area contributed by atoms with Gasteiger partial charge in [0.1, 0.15) is 0 Å². The van der Waals surface area contributed by atoms with E-state index in [0.29, 0.717) is 15.4 Å². The second kappa shape index (κ2) is 3.54. The molecule has 1 aromatic carbocycles. The Balaban J connectivity index is 3.25. The van der Waals surface area contributed by atoms with E-state index in [1.165, 1.54) is 0 Å². The first-order valence-electron chi connectivity index (χ1n) is 2.88. The van der Waals surface area contributed by atoms with Crippen molar-refractivity contribution in [3.8, 4) is 5.75 Å².